The van der Waals surface area contributed by atoms with Crippen molar-refractivity contribution in [2.24, 2.45) is 0 Å². The third kappa shape index (κ3) is 4.64. The van der Waals surface area contributed by atoms with Crippen LogP contribution in [-0.2, 0) is 0 Å². The smallest absolute Gasteiger partial charge is 0.206 e. The highest BCUT2D eigenvalue weighted by atomic mass is 28.4. The van der Waals surface area contributed by atoms with Crippen LogP contribution in [-0.4, -0.2) is 62.4 Å². The second-order valence-electron chi connectivity index (χ2n) is 9.99. The molecule has 0 heterocycles. The lowest BCUT2D eigenvalue weighted by atomic mass is 10.4. The summed E-state index contributed by atoms with van der Waals surface area (Å²) in [6.07, 6.45) is 0. The standard InChI is InChI=1S/C23H55N3Si2/c1-15-24(16-2)27(20(7)8,21(9)10)26(19(5)6)28(22(11)12,23(13)14)25(17-3)18-4/h19-23H,15-18H2,1-14H3. The van der Waals surface area contributed by atoms with Gasteiger partial charge in [0.05, 0.1) is 0 Å². The predicted octanol–water partition coefficient (Wildman–Crippen LogP) is 6.90. The summed E-state index contributed by atoms with van der Waals surface area (Å²) in [5.41, 5.74) is 2.81. The Kier molecular flexibility index (Phi) is 11.8. The van der Waals surface area contributed by atoms with Crippen molar-refractivity contribution < 1.29 is 0 Å². The Morgan fingerprint density at radius 2 is 0.679 bits per heavy atom. The Morgan fingerprint density at radius 1 is 0.464 bits per heavy atom. The first-order valence-electron chi connectivity index (χ1n) is 12.2. The molecule has 0 aromatic heterocycles. The van der Waals surface area contributed by atoms with Crippen molar-refractivity contribution in [3.8, 4) is 0 Å². The fraction of sp³-hybridized carbons (Fsp3) is 1.00. The summed E-state index contributed by atoms with van der Waals surface area (Å²) in [4.78, 5) is 0. The number of rotatable bonds is 13. The molecule has 0 aliphatic rings. The van der Waals surface area contributed by atoms with Crippen molar-refractivity contribution in [3.63, 3.8) is 0 Å². The van der Waals surface area contributed by atoms with Crippen LogP contribution < -0.4 is 0 Å². The Hall–Kier alpha value is 0.314. The van der Waals surface area contributed by atoms with Gasteiger partial charge in [0, 0.05) is 0 Å². The highest BCUT2D eigenvalue weighted by Crippen LogP contribution is 2.49. The predicted molar refractivity (Wildman–Crippen MR) is 135 cm³/mol. The average Bonchev–Trinajstić information content (AvgIpc) is 2.59. The van der Waals surface area contributed by atoms with E-state index in [1.54, 1.807) is 0 Å². The molecule has 0 aliphatic carbocycles. The molecule has 0 saturated heterocycles. The first-order chi connectivity index (χ1) is 12.9. The fourth-order valence-electron chi connectivity index (χ4n) is 6.79. The summed E-state index contributed by atoms with van der Waals surface area (Å²) in [5, 5.41) is 0. The second-order valence-corrected chi connectivity index (χ2v) is 20.4. The molecule has 0 rings (SSSR count). The van der Waals surface area contributed by atoms with Crippen molar-refractivity contribution >= 4 is 16.8 Å². The van der Waals surface area contributed by atoms with E-state index >= 15 is 0 Å². The van der Waals surface area contributed by atoms with Crippen LogP contribution in [0.2, 0.25) is 22.2 Å². The Balaban J connectivity index is 7.35. The maximum atomic E-state index is 3.24. The highest BCUT2D eigenvalue weighted by Gasteiger charge is 2.62. The molecule has 5 heteroatoms. The van der Waals surface area contributed by atoms with E-state index in [-0.39, 0.29) is 0 Å². The van der Waals surface area contributed by atoms with Gasteiger partial charge in [-0.05, 0) is 54.4 Å². The van der Waals surface area contributed by atoms with Gasteiger partial charge in [-0.1, -0.05) is 96.9 Å². The lowest BCUT2D eigenvalue weighted by molar-refractivity contribution is 0.300. The molecule has 0 amide bonds. The lowest BCUT2D eigenvalue weighted by Crippen LogP contribution is -2.83. The van der Waals surface area contributed by atoms with Crippen molar-refractivity contribution in [3.05, 3.63) is 0 Å². The number of nitrogens with zero attached hydrogens (tertiary/aromatic N) is 3. The fourth-order valence-corrected chi connectivity index (χ4v) is 25.1. The van der Waals surface area contributed by atoms with Gasteiger partial charge in [-0.25, -0.2) is 0 Å². The molecule has 170 valence electrons. The SMILES string of the molecule is CCN(CC)[Si](C(C)C)(C(C)C)N(C(C)C)[Si](C(C)C)(C(C)C)N(CC)CC. The largest absolute Gasteiger partial charge is 0.318 e. The van der Waals surface area contributed by atoms with Crippen molar-refractivity contribution in [1.29, 1.82) is 0 Å². The Morgan fingerprint density at radius 3 is 0.786 bits per heavy atom. The molecule has 28 heavy (non-hydrogen) atoms. The molecule has 0 unspecified atom stereocenters. The quantitative estimate of drug-likeness (QED) is 0.295. The molecular formula is C23H55N3Si2. The first kappa shape index (κ1) is 28.3. The van der Waals surface area contributed by atoms with Crippen molar-refractivity contribution in [1.82, 2.24) is 13.4 Å². The molecule has 0 saturated carbocycles. The van der Waals surface area contributed by atoms with Crippen molar-refractivity contribution in [2.75, 3.05) is 26.2 Å². The zero-order valence-corrected chi connectivity index (χ0v) is 24.1. The van der Waals surface area contributed by atoms with Crippen LogP contribution in [0.4, 0.5) is 0 Å². The minimum absolute atomic E-state index is 0.578. The van der Waals surface area contributed by atoms with Gasteiger partial charge in [0.25, 0.3) is 0 Å². The molecular weight excluding hydrogens is 374 g/mol. The number of hydrogen-bond acceptors (Lipinski definition) is 3. The third-order valence-corrected chi connectivity index (χ3v) is 22.0. The van der Waals surface area contributed by atoms with Gasteiger partial charge in [0.2, 0.25) is 16.8 Å². The summed E-state index contributed by atoms with van der Waals surface area (Å²) in [7, 11) is -3.88. The molecule has 0 bridgehead atoms. The maximum Gasteiger partial charge on any atom is 0.206 e. The molecule has 0 aromatic carbocycles. The first-order valence-corrected chi connectivity index (χ1v) is 16.3. The van der Waals surface area contributed by atoms with Crippen LogP contribution in [0, 0.1) is 0 Å². The van der Waals surface area contributed by atoms with Gasteiger partial charge < -0.3 is 13.4 Å². The Bertz CT molecular complexity index is 376. The van der Waals surface area contributed by atoms with E-state index in [4.69, 9.17) is 0 Å². The maximum absolute atomic E-state index is 3.24. The minimum Gasteiger partial charge on any atom is -0.318 e. The van der Waals surface area contributed by atoms with Crippen molar-refractivity contribution in [2.45, 2.75) is 125 Å². The van der Waals surface area contributed by atoms with E-state index in [1.165, 1.54) is 26.2 Å². The minimum atomic E-state index is -1.94. The van der Waals surface area contributed by atoms with Gasteiger partial charge in [0.1, 0.15) is 0 Å². The van der Waals surface area contributed by atoms with Crippen LogP contribution in [0.1, 0.15) is 96.9 Å². The summed E-state index contributed by atoms with van der Waals surface area (Å²) >= 11 is 0. The summed E-state index contributed by atoms with van der Waals surface area (Å²) in [6, 6.07) is 0.578. The van der Waals surface area contributed by atoms with E-state index in [1.807, 2.05) is 0 Å². The second kappa shape index (κ2) is 11.6. The molecule has 0 aliphatic heterocycles. The van der Waals surface area contributed by atoms with Gasteiger partial charge in [-0.3, -0.25) is 0 Å². The van der Waals surface area contributed by atoms with E-state index in [0.29, 0.717) is 28.2 Å². The molecule has 0 atom stereocenters. The zero-order chi connectivity index (χ0) is 22.4. The third-order valence-electron chi connectivity index (χ3n) is 7.23. The topological polar surface area (TPSA) is 9.72 Å². The summed E-state index contributed by atoms with van der Waals surface area (Å²) in [5.74, 6) is 0. The van der Waals surface area contributed by atoms with E-state index < -0.39 is 16.8 Å². The molecule has 0 aromatic rings. The summed E-state index contributed by atoms with van der Waals surface area (Å²) in [6.45, 7) is 39.4. The molecule has 0 spiro atoms. The van der Waals surface area contributed by atoms with Crippen LogP contribution in [0.25, 0.3) is 0 Å². The van der Waals surface area contributed by atoms with Crippen LogP contribution in [0.15, 0.2) is 0 Å². The molecule has 0 N–H and O–H groups in total. The monoisotopic (exact) mass is 429 g/mol. The number of hydrogen-bond donors (Lipinski definition) is 0. The van der Waals surface area contributed by atoms with Gasteiger partial charge in [0.15, 0.2) is 0 Å². The van der Waals surface area contributed by atoms with E-state index in [2.05, 4.69) is 110 Å². The lowest BCUT2D eigenvalue weighted by Gasteiger charge is -2.66. The van der Waals surface area contributed by atoms with E-state index in [0.717, 1.165) is 0 Å². The van der Waals surface area contributed by atoms with Crippen LogP contribution in [0.5, 0.6) is 0 Å². The van der Waals surface area contributed by atoms with Crippen LogP contribution in [0.3, 0.4) is 0 Å². The highest BCUT2D eigenvalue weighted by molar-refractivity contribution is 6.92. The molecule has 0 radical (unpaired) electrons. The molecule has 0 fully saturated rings. The summed E-state index contributed by atoms with van der Waals surface area (Å²) < 4.78 is 9.10. The average molecular weight is 430 g/mol. The zero-order valence-electron chi connectivity index (χ0n) is 22.1. The normalized spacial score (nSPS) is 14.4. The Labute approximate surface area is 181 Å². The van der Waals surface area contributed by atoms with Gasteiger partial charge >= 0.3 is 0 Å². The van der Waals surface area contributed by atoms with Gasteiger partial charge in [-0.15, -0.1) is 0 Å². The molecule has 3 nitrogen and oxygen atoms in total. The van der Waals surface area contributed by atoms with Crippen LogP contribution >= 0.6 is 0 Å². The van der Waals surface area contributed by atoms with E-state index in [9.17, 15) is 0 Å². The van der Waals surface area contributed by atoms with Gasteiger partial charge in [-0.2, -0.15) is 0 Å².